The number of nitrogens with zero attached hydrogens (tertiary/aromatic N) is 1. The number of aryl methyl sites for hydroxylation is 1. The predicted octanol–water partition coefficient (Wildman–Crippen LogP) is 3.28. The van der Waals surface area contributed by atoms with E-state index in [-0.39, 0.29) is 12.3 Å². The van der Waals surface area contributed by atoms with Crippen LogP contribution >= 0.6 is 0 Å². The molecule has 0 radical (unpaired) electrons. The third-order valence-electron chi connectivity index (χ3n) is 4.35. The number of hydrogen-bond donors (Lipinski definition) is 1. The molecule has 4 nitrogen and oxygen atoms in total. The summed E-state index contributed by atoms with van der Waals surface area (Å²) < 4.78 is 0. The van der Waals surface area contributed by atoms with Crippen LogP contribution in [0.4, 0.5) is 0 Å². The van der Waals surface area contributed by atoms with Gasteiger partial charge in [0.15, 0.2) is 0 Å². The van der Waals surface area contributed by atoms with Crippen LogP contribution in [0.3, 0.4) is 0 Å². The summed E-state index contributed by atoms with van der Waals surface area (Å²) in [5.41, 5.74) is 1.78. The van der Waals surface area contributed by atoms with Crippen LogP contribution in [0, 0.1) is 5.92 Å². The zero-order chi connectivity index (χ0) is 16.7. The Morgan fingerprint density at radius 3 is 2.70 bits per heavy atom. The molecule has 0 aromatic heterocycles. The summed E-state index contributed by atoms with van der Waals surface area (Å²) in [6, 6.07) is 10.4. The molecule has 1 aliphatic heterocycles. The van der Waals surface area contributed by atoms with Crippen LogP contribution in [0.25, 0.3) is 0 Å². The molecule has 1 atom stereocenters. The Kier molecular flexibility index (Phi) is 6.39. The van der Waals surface area contributed by atoms with Gasteiger partial charge in [-0.25, -0.2) is 0 Å². The molecule has 1 unspecified atom stereocenters. The Morgan fingerprint density at radius 1 is 1.26 bits per heavy atom. The molecule has 1 aliphatic rings. The van der Waals surface area contributed by atoms with Gasteiger partial charge >= 0.3 is 5.97 Å². The second kappa shape index (κ2) is 8.51. The maximum atomic E-state index is 12.2. The van der Waals surface area contributed by atoms with Crippen molar-refractivity contribution in [2.24, 2.45) is 5.92 Å². The molecule has 0 fully saturated rings. The molecule has 1 heterocycles. The van der Waals surface area contributed by atoms with Crippen molar-refractivity contribution in [3.05, 3.63) is 47.5 Å². The number of amides is 1. The van der Waals surface area contributed by atoms with E-state index in [0.29, 0.717) is 24.6 Å². The zero-order valence-electron chi connectivity index (χ0n) is 13.7. The van der Waals surface area contributed by atoms with Gasteiger partial charge in [-0.05, 0) is 37.2 Å². The van der Waals surface area contributed by atoms with E-state index in [4.69, 9.17) is 5.11 Å². The van der Waals surface area contributed by atoms with E-state index < -0.39 is 5.97 Å². The Bertz CT molecular complexity index is 565. The number of carbonyl (C=O) groups excluding carboxylic acids is 1. The first kappa shape index (κ1) is 17.3. The largest absolute Gasteiger partial charge is 0.481 e. The van der Waals surface area contributed by atoms with Crippen LogP contribution in [0.2, 0.25) is 0 Å². The first-order valence-corrected chi connectivity index (χ1v) is 8.30. The highest BCUT2D eigenvalue weighted by atomic mass is 16.4. The molecule has 124 valence electrons. The third kappa shape index (κ3) is 5.55. The number of hydrogen-bond acceptors (Lipinski definition) is 2. The summed E-state index contributed by atoms with van der Waals surface area (Å²) in [6.07, 6.45) is 5.47. The lowest BCUT2D eigenvalue weighted by Crippen LogP contribution is -2.37. The normalized spacial score (nSPS) is 16.1. The maximum Gasteiger partial charge on any atom is 0.308 e. The summed E-state index contributed by atoms with van der Waals surface area (Å²) in [7, 11) is 0. The lowest BCUT2D eigenvalue weighted by Gasteiger charge is -2.28. The standard InChI is InChI=1S/C19H25NO3/c1-15(9-10-16-6-3-2-4-7-16)11-13-20-12-5-8-17(19(20)23)14-18(21)22/h2-4,6-8,15H,5,9-14H2,1H3,(H,21,22). The summed E-state index contributed by atoms with van der Waals surface area (Å²) in [5.74, 6) is -0.506. The fourth-order valence-corrected chi connectivity index (χ4v) is 2.89. The minimum atomic E-state index is -0.942. The van der Waals surface area contributed by atoms with Gasteiger partial charge in [0.2, 0.25) is 5.91 Å². The topological polar surface area (TPSA) is 57.6 Å². The minimum Gasteiger partial charge on any atom is -0.481 e. The maximum absolute atomic E-state index is 12.2. The average Bonchev–Trinajstić information content (AvgIpc) is 2.54. The Balaban J connectivity index is 1.75. The monoisotopic (exact) mass is 315 g/mol. The molecular formula is C19H25NO3. The summed E-state index contributed by atoms with van der Waals surface area (Å²) in [5, 5.41) is 8.85. The van der Waals surface area contributed by atoms with E-state index in [0.717, 1.165) is 25.7 Å². The van der Waals surface area contributed by atoms with Crippen LogP contribution in [0.15, 0.2) is 42.0 Å². The zero-order valence-corrected chi connectivity index (χ0v) is 13.7. The molecule has 0 saturated carbocycles. The average molecular weight is 315 g/mol. The number of carboxylic acids is 1. The van der Waals surface area contributed by atoms with Crippen molar-refractivity contribution >= 4 is 11.9 Å². The van der Waals surface area contributed by atoms with Gasteiger partial charge in [-0.3, -0.25) is 9.59 Å². The molecule has 23 heavy (non-hydrogen) atoms. The van der Waals surface area contributed by atoms with Crippen LogP contribution in [-0.4, -0.2) is 35.0 Å². The van der Waals surface area contributed by atoms with Crippen molar-refractivity contribution < 1.29 is 14.7 Å². The number of carboxylic acid groups (broad SMARTS) is 1. The van der Waals surface area contributed by atoms with Gasteiger partial charge in [-0.1, -0.05) is 43.3 Å². The van der Waals surface area contributed by atoms with E-state index in [9.17, 15) is 9.59 Å². The SMILES string of the molecule is CC(CCc1ccccc1)CCN1CCC=C(CC(=O)O)C1=O. The van der Waals surface area contributed by atoms with E-state index in [1.54, 1.807) is 11.0 Å². The highest BCUT2D eigenvalue weighted by molar-refractivity contribution is 5.98. The highest BCUT2D eigenvalue weighted by Gasteiger charge is 2.23. The predicted molar refractivity (Wildman–Crippen MR) is 90.1 cm³/mol. The summed E-state index contributed by atoms with van der Waals surface area (Å²) in [4.78, 5) is 24.8. The van der Waals surface area contributed by atoms with Crippen molar-refractivity contribution in [3.63, 3.8) is 0 Å². The molecule has 0 aliphatic carbocycles. The molecule has 0 bridgehead atoms. The Labute approximate surface area is 137 Å². The van der Waals surface area contributed by atoms with Crippen molar-refractivity contribution in [2.75, 3.05) is 13.1 Å². The first-order chi connectivity index (χ1) is 11.1. The molecule has 4 heteroatoms. The first-order valence-electron chi connectivity index (χ1n) is 8.30. The molecule has 1 amide bonds. The summed E-state index contributed by atoms with van der Waals surface area (Å²) >= 11 is 0. The molecule has 1 N–H and O–H groups in total. The minimum absolute atomic E-state index is 0.103. The highest BCUT2D eigenvalue weighted by Crippen LogP contribution is 2.18. The smallest absolute Gasteiger partial charge is 0.308 e. The van der Waals surface area contributed by atoms with Crippen LogP contribution in [-0.2, 0) is 16.0 Å². The van der Waals surface area contributed by atoms with Crippen molar-refractivity contribution in [3.8, 4) is 0 Å². The van der Waals surface area contributed by atoms with E-state index in [1.807, 2.05) is 6.07 Å². The van der Waals surface area contributed by atoms with Gasteiger partial charge < -0.3 is 10.0 Å². The van der Waals surface area contributed by atoms with Crippen molar-refractivity contribution in [1.82, 2.24) is 4.90 Å². The second-order valence-corrected chi connectivity index (χ2v) is 6.30. The Hall–Kier alpha value is -2.10. The second-order valence-electron chi connectivity index (χ2n) is 6.30. The molecular weight excluding hydrogens is 290 g/mol. The van der Waals surface area contributed by atoms with E-state index in [1.165, 1.54) is 5.56 Å². The van der Waals surface area contributed by atoms with Crippen LogP contribution in [0.1, 0.15) is 38.2 Å². The number of carbonyl (C=O) groups is 2. The van der Waals surface area contributed by atoms with Crippen LogP contribution in [0.5, 0.6) is 0 Å². The van der Waals surface area contributed by atoms with Gasteiger partial charge in [-0.15, -0.1) is 0 Å². The van der Waals surface area contributed by atoms with Gasteiger partial charge in [-0.2, -0.15) is 0 Å². The fraction of sp³-hybridized carbons (Fsp3) is 0.474. The van der Waals surface area contributed by atoms with E-state index in [2.05, 4.69) is 31.2 Å². The van der Waals surface area contributed by atoms with Gasteiger partial charge in [0.1, 0.15) is 0 Å². The lowest BCUT2D eigenvalue weighted by atomic mass is 9.97. The van der Waals surface area contributed by atoms with Crippen LogP contribution < -0.4 is 0 Å². The van der Waals surface area contributed by atoms with Gasteiger partial charge in [0.05, 0.1) is 6.42 Å². The fourth-order valence-electron chi connectivity index (χ4n) is 2.89. The van der Waals surface area contributed by atoms with Gasteiger partial charge in [0.25, 0.3) is 0 Å². The molecule has 1 aromatic carbocycles. The molecule has 0 saturated heterocycles. The molecule has 1 aromatic rings. The summed E-state index contributed by atoms with van der Waals surface area (Å²) in [6.45, 7) is 3.63. The number of benzene rings is 1. The third-order valence-corrected chi connectivity index (χ3v) is 4.35. The van der Waals surface area contributed by atoms with Crippen molar-refractivity contribution in [1.29, 1.82) is 0 Å². The van der Waals surface area contributed by atoms with Gasteiger partial charge in [0, 0.05) is 18.7 Å². The Morgan fingerprint density at radius 2 is 2.00 bits per heavy atom. The molecule has 0 spiro atoms. The number of aliphatic carboxylic acids is 1. The van der Waals surface area contributed by atoms with E-state index >= 15 is 0 Å². The number of rotatable bonds is 8. The molecule has 2 rings (SSSR count). The quantitative estimate of drug-likeness (QED) is 0.801. The van der Waals surface area contributed by atoms with Crippen molar-refractivity contribution in [2.45, 2.75) is 39.0 Å². The lowest BCUT2D eigenvalue weighted by molar-refractivity contribution is -0.138.